The molecule has 0 unspecified atom stereocenters. The first-order chi connectivity index (χ1) is 11.3. The van der Waals surface area contributed by atoms with Crippen molar-refractivity contribution in [3.05, 3.63) is 54.1 Å². The molecular formula is C20H23NO2. The fourth-order valence-electron chi connectivity index (χ4n) is 2.94. The molecule has 120 valence electrons. The van der Waals surface area contributed by atoms with Crippen LogP contribution in [-0.2, 0) is 11.2 Å². The van der Waals surface area contributed by atoms with Crippen LogP contribution in [0.4, 0.5) is 0 Å². The van der Waals surface area contributed by atoms with Gasteiger partial charge >= 0.3 is 0 Å². The Morgan fingerprint density at radius 1 is 0.957 bits per heavy atom. The third-order valence-electron chi connectivity index (χ3n) is 4.41. The van der Waals surface area contributed by atoms with Crippen LogP contribution in [0.15, 0.2) is 48.5 Å². The molecule has 0 amide bonds. The fourth-order valence-corrected chi connectivity index (χ4v) is 2.94. The average molecular weight is 309 g/mol. The Bertz CT molecular complexity index is 613. The second-order valence-electron chi connectivity index (χ2n) is 6.10. The zero-order valence-corrected chi connectivity index (χ0v) is 13.3. The van der Waals surface area contributed by atoms with Crippen molar-refractivity contribution < 1.29 is 9.53 Å². The van der Waals surface area contributed by atoms with Crippen molar-refractivity contribution in [3.63, 3.8) is 0 Å². The van der Waals surface area contributed by atoms with Crippen molar-refractivity contribution in [3.8, 4) is 16.9 Å². The fraction of sp³-hybridized carbons (Fsp3) is 0.350. The van der Waals surface area contributed by atoms with Gasteiger partial charge in [-0.3, -0.25) is 0 Å². The van der Waals surface area contributed by atoms with Crippen LogP contribution in [0.5, 0.6) is 5.75 Å². The van der Waals surface area contributed by atoms with E-state index in [2.05, 4.69) is 29.6 Å². The van der Waals surface area contributed by atoms with Gasteiger partial charge in [0.15, 0.2) is 0 Å². The SMILES string of the molecule is O=CCc1ccc(-c2ccc(OCC3CCNCC3)cc2)cc1. The van der Waals surface area contributed by atoms with Gasteiger partial charge in [-0.25, -0.2) is 0 Å². The van der Waals surface area contributed by atoms with Gasteiger partial charge in [-0.15, -0.1) is 0 Å². The molecule has 3 heteroatoms. The molecule has 0 bridgehead atoms. The predicted octanol–water partition coefficient (Wildman–Crippen LogP) is 3.47. The predicted molar refractivity (Wildman–Crippen MR) is 92.7 cm³/mol. The Labute approximate surface area is 137 Å². The quantitative estimate of drug-likeness (QED) is 0.830. The summed E-state index contributed by atoms with van der Waals surface area (Å²) in [5.74, 6) is 1.60. The first kappa shape index (κ1) is 15.8. The normalized spacial score (nSPS) is 15.3. The van der Waals surface area contributed by atoms with Crippen molar-refractivity contribution in [2.45, 2.75) is 19.3 Å². The van der Waals surface area contributed by atoms with Crippen molar-refractivity contribution in [1.82, 2.24) is 5.32 Å². The van der Waals surface area contributed by atoms with Crippen molar-refractivity contribution >= 4 is 6.29 Å². The van der Waals surface area contributed by atoms with E-state index in [0.717, 1.165) is 48.4 Å². The number of benzene rings is 2. The standard InChI is InChI=1S/C20H23NO2/c22-14-11-16-1-3-18(4-2-16)19-5-7-20(8-6-19)23-15-17-9-12-21-13-10-17/h1-8,14,17,21H,9-13,15H2. The van der Waals surface area contributed by atoms with Gasteiger partial charge in [-0.05, 0) is 60.7 Å². The van der Waals surface area contributed by atoms with E-state index in [1.54, 1.807) is 0 Å². The van der Waals surface area contributed by atoms with Gasteiger partial charge in [-0.2, -0.15) is 0 Å². The molecule has 2 aromatic rings. The third kappa shape index (κ3) is 4.42. The molecule has 0 atom stereocenters. The number of hydrogen-bond donors (Lipinski definition) is 1. The second-order valence-corrected chi connectivity index (χ2v) is 6.10. The lowest BCUT2D eigenvalue weighted by molar-refractivity contribution is -0.107. The molecule has 1 N–H and O–H groups in total. The summed E-state index contributed by atoms with van der Waals surface area (Å²) in [4.78, 5) is 10.5. The molecule has 0 aromatic heterocycles. The summed E-state index contributed by atoms with van der Waals surface area (Å²) in [6, 6.07) is 16.4. The minimum Gasteiger partial charge on any atom is -0.493 e. The van der Waals surface area contributed by atoms with Crippen LogP contribution in [0.25, 0.3) is 11.1 Å². The zero-order chi connectivity index (χ0) is 15.9. The van der Waals surface area contributed by atoms with Gasteiger partial charge in [-0.1, -0.05) is 36.4 Å². The summed E-state index contributed by atoms with van der Waals surface area (Å²) in [7, 11) is 0. The van der Waals surface area contributed by atoms with Gasteiger partial charge in [0.1, 0.15) is 12.0 Å². The highest BCUT2D eigenvalue weighted by Crippen LogP contribution is 2.23. The number of aldehydes is 1. The van der Waals surface area contributed by atoms with Crippen LogP contribution < -0.4 is 10.1 Å². The molecule has 3 rings (SSSR count). The number of piperidine rings is 1. The molecule has 0 radical (unpaired) electrons. The van der Waals surface area contributed by atoms with Crippen molar-refractivity contribution in [2.24, 2.45) is 5.92 Å². The molecule has 23 heavy (non-hydrogen) atoms. The molecule has 3 nitrogen and oxygen atoms in total. The molecule has 0 saturated carbocycles. The highest BCUT2D eigenvalue weighted by atomic mass is 16.5. The van der Waals surface area contributed by atoms with Crippen molar-refractivity contribution in [1.29, 1.82) is 0 Å². The summed E-state index contributed by atoms with van der Waals surface area (Å²) >= 11 is 0. The summed E-state index contributed by atoms with van der Waals surface area (Å²) in [6.07, 6.45) is 3.81. The minimum atomic E-state index is 0.476. The highest BCUT2D eigenvalue weighted by Gasteiger charge is 2.13. The van der Waals surface area contributed by atoms with Crippen LogP contribution in [0.2, 0.25) is 0 Å². The van der Waals surface area contributed by atoms with Crippen LogP contribution in [0.3, 0.4) is 0 Å². The van der Waals surface area contributed by atoms with Crippen LogP contribution in [-0.4, -0.2) is 26.0 Å². The maximum absolute atomic E-state index is 10.5. The first-order valence-corrected chi connectivity index (χ1v) is 8.31. The Balaban J connectivity index is 1.58. The van der Waals surface area contributed by atoms with Gasteiger partial charge in [0.2, 0.25) is 0 Å². The van der Waals surface area contributed by atoms with Crippen LogP contribution in [0.1, 0.15) is 18.4 Å². The highest BCUT2D eigenvalue weighted by molar-refractivity contribution is 5.65. The monoisotopic (exact) mass is 309 g/mol. The van der Waals surface area contributed by atoms with E-state index in [1.165, 1.54) is 12.8 Å². The van der Waals surface area contributed by atoms with E-state index in [0.29, 0.717) is 12.3 Å². The molecule has 0 spiro atoms. The summed E-state index contributed by atoms with van der Waals surface area (Å²) in [5, 5.41) is 3.38. The molecule has 1 aliphatic rings. The molecule has 0 aliphatic carbocycles. The zero-order valence-electron chi connectivity index (χ0n) is 13.3. The van der Waals surface area contributed by atoms with E-state index >= 15 is 0 Å². The van der Waals surface area contributed by atoms with E-state index in [1.807, 2.05) is 24.3 Å². The van der Waals surface area contributed by atoms with Crippen LogP contribution >= 0.6 is 0 Å². The Kier molecular flexibility index (Phi) is 5.43. The number of ether oxygens (including phenoxy) is 1. The third-order valence-corrected chi connectivity index (χ3v) is 4.41. The molecular weight excluding hydrogens is 286 g/mol. The smallest absolute Gasteiger partial charge is 0.124 e. The van der Waals surface area contributed by atoms with Crippen molar-refractivity contribution in [2.75, 3.05) is 19.7 Å². The molecule has 1 heterocycles. The number of rotatable bonds is 6. The lowest BCUT2D eigenvalue weighted by Crippen LogP contribution is -2.30. The maximum Gasteiger partial charge on any atom is 0.124 e. The average Bonchev–Trinajstić information content (AvgIpc) is 2.62. The lowest BCUT2D eigenvalue weighted by Gasteiger charge is -2.22. The van der Waals surface area contributed by atoms with E-state index < -0.39 is 0 Å². The van der Waals surface area contributed by atoms with Gasteiger partial charge < -0.3 is 14.8 Å². The molecule has 1 aliphatic heterocycles. The van der Waals surface area contributed by atoms with E-state index in [9.17, 15) is 4.79 Å². The first-order valence-electron chi connectivity index (χ1n) is 8.31. The second kappa shape index (κ2) is 7.93. The summed E-state index contributed by atoms with van der Waals surface area (Å²) < 4.78 is 5.92. The topological polar surface area (TPSA) is 38.3 Å². The van der Waals surface area contributed by atoms with E-state index in [-0.39, 0.29) is 0 Å². The summed E-state index contributed by atoms with van der Waals surface area (Å²) in [5.41, 5.74) is 3.37. The molecule has 2 aromatic carbocycles. The summed E-state index contributed by atoms with van der Waals surface area (Å²) in [6.45, 7) is 3.02. The number of carbonyl (C=O) groups is 1. The largest absolute Gasteiger partial charge is 0.493 e. The molecule has 1 saturated heterocycles. The minimum absolute atomic E-state index is 0.476. The maximum atomic E-state index is 10.5. The van der Waals surface area contributed by atoms with Gasteiger partial charge in [0, 0.05) is 6.42 Å². The Morgan fingerprint density at radius 2 is 1.57 bits per heavy atom. The number of hydrogen-bond acceptors (Lipinski definition) is 3. The Morgan fingerprint density at radius 3 is 2.17 bits per heavy atom. The van der Waals surface area contributed by atoms with Gasteiger partial charge in [0.25, 0.3) is 0 Å². The van der Waals surface area contributed by atoms with Gasteiger partial charge in [0.05, 0.1) is 6.61 Å². The lowest BCUT2D eigenvalue weighted by atomic mass is 9.99. The number of nitrogens with one attached hydrogen (secondary N) is 1. The molecule has 1 fully saturated rings. The number of carbonyl (C=O) groups excluding carboxylic acids is 1. The Hall–Kier alpha value is -2.13. The van der Waals surface area contributed by atoms with Crippen LogP contribution in [0, 0.1) is 5.92 Å². The van der Waals surface area contributed by atoms with E-state index in [4.69, 9.17) is 4.74 Å².